The fourth-order valence-electron chi connectivity index (χ4n) is 3.30. The maximum Gasteiger partial charge on any atom is 0.262 e. The van der Waals surface area contributed by atoms with Gasteiger partial charge in [0, 0.05) is 24.1 Å². The summed E-state index contributed by atoms with van der Waals surface area (Å²) in [7, 11) is 1.56. The van der Waals surface area contributed by atoms with Crippen molar-refractivity contribution in [3.8, 4) is 5.75 Å². The molecule has 3 aromatic rings. The first-order valence-electron chi connectivity index (χ1n) is 8.50. The number of carbonyl (C=O) groups excluding carboxylic acids is 2. The van der Waals surface area contributed by atoms with E-state index in [0.29, 0.717) is 11.4 Å². The van der Waals surface area contributed by atoms with Gasteiger partial charge < -0.3 is 19.9 Å². The molecule has 0 fully saturated rings. The predicted octanol–water partition coefficient (Wildman–Crippen LogP) is 2.25. The molecule has 0 bridgehead atoms. The second-order valence-corrected chi connectivity index (χ2v) is 6.23. The van der Waals surface area contributed by atoms with Crippen LogP contribution in [0.3, 0.4) is 0 Å². The summed E-state index contributed by atoms with van der Waals surface area (Å²) in [6.07, 6.45) is 1.39. The molecular weight excluding hydrogens is 330 g/mol. The number of anilines is 1. The SMILES string of the molecule is CNC(=O)[C@H]1CN(C(=O)Cc2c[nH]c3ccccc23)c2ccccc2O1. The zero-order valence-corrected chi connectivity index (χ0v) is 14.4. The van der Waals surface area contributed by atoms with Crippen molar-refractivity contribution in [2.45, 2.75) is 12.5 Å². The van der Waals surface area contributed by atoms with Crippen molar-refractivity contribution in [3.05, 3.63) is 60.3 Å². The second kappa shape index (κ2) is 6.55. The van der Waals surface area contributed by atoms with Gasteiger partial charge in [-0.25, -0.2) is 0 Å². The van der Waals surface area contributed by atoms with Gasteiger partial charge in [-0.3, -0.25) is 9.59 Å². The van der Waals surface area contributed by atoms with Crippen LogP contribution in [0.5, 0.6) is 5.75 Å². The van der Waals surface area contributed by atoms with Crippen LogP contribution in [-0.2, 0) is 16.0 Å². The van der Waals surface area contributed by atoms with Gasteiger partial charge in [-0.1, -0.05) is 30.3 Å². The number of H-pyrrole nitrogens is 1. The molecule has 0 saturated carbocycles. The fourth-order valence-corrected chi connectivity index (χ4v) is 3.30. The van der Waals surface area contributed by atoms with E-state index in [0.717, 1.165) is 16.5 Å². The van der Waals surface area contributed by atoms with Crippen molar-refractivity contribution in [1.82, 2.24) is 10.3 Å². The van der Waals surface area contributed by atoms with Gasteiger partial charge in [0.25, 0.3) is 5.91 Å². The molecular formula is C20H19N3O3. The standard InChI is InChI=1S/C20H19N3O3/c1-21-20(25)18-12-23(16-8-4-5-9-17(16)26-18)19(24)10-13-11-22-15-7-3-2-6-14(13)15/h2-9,11,18,22H,10,12H2,1H3,(H,21,25)/t18-/m1/s1. The van der Waals surface area contributed by atoms with Crippen LogP contribution in [0.1, 0.15) is 5.56 Å². The van der Waals surface area contributed by atoms with Gasteiger partial charge in [-0.05, 0) is 23.8 Å². The van der Waals surface area contributed by atoms with E-state index < -0.39 is 6.10 Å². The van der Waals surface area contributed by atoms with Gasteiger partial charge in [-0.2, -0.15) is 0 Å². The first-order chi connectivity index (χ1) is 12.7. The zero-order valence-electron chi connectivity index (χ0n) is 14.4. The summed E-state index contributed by atoms with van der Waals surface area (Å²) in [6, 6.07) is 15.2. The van der Waals surface area contributed by atoms with E-state index in [1.54, 1.807) is 18.0 Å². The van der Waals surface area contributed by atoms with E-state index in [9.17, 15) is 9.59 Å². The number of para-hydroxylation sites is 3. The fraction of sp³-hybridized carbons (Fsp3) is 0.200. The number of fused-ring (bicyclic) bond motifs is 2. The summed E-state index contributed by atoms with van der Waals surface area (Å²) in [4.78, 5) is 29.9. The van der Waals surface area contributed by atoms with Gasteiger partial charge >= 0.3 is 0 Å². The molecule has 6 heteroatoms. The lowest BCUT2D eigenvalue weighted by atomic mass is 10.1. The lowest BCUT2D eigenvalue weighted by molar-refractivity contribution is -0.127. The number of rotatable bonds is 3. The Labute approximate surface area is 150 Å². The largest absolute Gasteiger partial charge is 0.477 e. The molecule has 0 radical (unpaired) electrons. The molecule has 0 aliphatic carbocycles. The van der Waals surface area contributed by atoms with Gasteiger partial charge in [0.05, 0.1) is 18.7 Å². The minimum atomic E-state index is -0.721. The second-order valence-electron chi connectivity index (χ2n) is 6.23. The quantitative estimate of drug-likeness (QED) is 0.762. The highest BCUT2D eigenvalue weighted by atomic mass is 16.5. The Kier molecular flexibility index (Phi) is 4.08. The summed E-state index contributed by atoms with van der Waals surface area (Å²) < 4.78 is 5.76. The molecule has 6 nitrogen and oxygen atoms in total. The van der Waals surface area contributed by atoms with Crippen LogP contribution in [0.25, 0.3) is 10.9 Å². The van der Waals surface area contributed by atoms with Gasteiger partial charge in [0.15, 0.2) is 6.10 Å². The third-order valence-electron chi connectivity index (χ3n) is 4.63. The molecule has 0 spiro atoms. The number of nitrogens with one attached hydrogen (secondary N) is 2. The number of aromatic amines is 1. The van der Waals surface area contributed by atoms with Crippen LogP contribution in [-0.4, -0.2) is 36.5 Å². The Morgan fingerprint density at radius 2 is 1.96 bits per heavy atom. The van der Waals surface area contributed by atoms with Crippen molar-refractivity contribution in [2.75, 3.05) is 18.5 Å². The normalized spacial score (nSPS) is 16.0. The average Bonchev–Trinajstić information content (AvgIpc) is 3.09. The number of likely N-dealkylation sites (N-methyl/N-ethyl adjacent to an activating group) is 1. The molecule has 26 heavy (non-hydrogen) atoms. The molecule has 2 amide bonds. The number of ether oxygens (including phenoxy) is 1. The smallest absolute Gasteiger partial charge is 0.262 e. The molecule has 2 heterocycles. The lowest BCUT2D eigenvalue weighted by Crippen LogP contribution is -2.50. The van der Waals surface area contributed by atoms with Crippen molar-refractivity contribution < 1.29 is 14.3 Å². The van der Waals surface area contributed by atoms with Crippen molar-refractivity contribution in [3.63, 3.8) is 0 Å². The van der Waals surface area contributed by atoms with Gasteiger partial charge in [-0.15, -0.1) is 0 Å². The average molecular weight is 349 g/mol. The molecule has 1 aliphatic heterocycles. The Balaban J connectivity index is 1.64. The third-order valence-corrected chi connectivity index (χ3v) is 4.63. The van der Waals surface area contributed by atoms with Crippen LogP contribution in [0, 0.1) is 0 Å². The monoisotopic (exact) mass is 349 g/mol. The van der Waals surface area contributed by atoms with E-state index in [4.69, 9.17) is 4.74 Å². The molecule has 2 N–H and O–H groups in total. The molecule has 0 saturated heterocycles. The molecule has 1 aromatic heterocycles. The lowest BCUT2D eigenvalue weighted by Gasteiger charge is -2.34. The van der Waals surface area contributed by atoms with Crippen LogP contribution >= 0.6 is 0 Å². The van der Waals surface area contributed by atoms with Crippen molar-refractivity contribution in [1.29, 1.82) is 0 Å². The highest BCUT2D eigenvalue weighted by molar-refractivity contribution is 6.00. The molecule has 1 aliphatic rings. The Morgan fingerprint density at radius 1 is 1.19 bits per heavy atom. The van der Waals surface area contributed by atoms with Crippen LogP contribution < -0.4 is 15.0 Å². The molecule has 1 atom stereocenters. The number of hydrogen-bond donors (Lipinski definition) is 2. The summed E-state index contributed by atoms with van der Waals surface area (Å²) in [5.74, 6) is 0.225. The van der Waals surface area contributed by atoms with Gasteiger partial charge in [0.1, 0.15) is 5.75 Å². The number of amides is 2. The summed E-state index contributed by atoms with van der Waals surface area (Å²) >= 11 is 0. The van der Waals surface area contributed by atoms with Crippen molar-refractivity contribution >= 4 is 28.4 Å². The highest BCUT2D eigenvalue weighted by Crippen LogP contribution is 2.33. The molecule has 132 valence electrons. The van der Waals surface area contributed by atoms with E-state index in [1.807, 2.05) is 48.7 Å². The molecule has 2 aromatic carbocycles. The van der Waals surface area contributed by atoms with E-state index in [-0.39, 0.29) is 24.8 Å². The molecule has 4 rings (SSSR count). The maximum atomic E-state index is 13.1. The number of aromatic nitrogens is 1. The van der Waals surface area contributed by atoms with Crippen LogP contribution in [0.4, 0.5) is 5.69 Å². The number of benzene rings is 2. The molecule has 0 unspecified atom stereocenters. The van der Waals surface area contributed by atoms with E-state index >= 15 is 0 Å². The minimum absolute atomic E-state index is 0.0700. The predicted molar refractivity (Wildman–Crippen MR) is 99.3 cm³/mol. The number of carbonyl (C=O) groups is 2. The van der Waals surface area contributed by atoms with E-state index in [2.05, 4.69) is 10.3 Å². The first kappa shape index (κ1) is 16.2. The van der Waals surface area contributed by atoms with Crippen molar-refractivity contribution in [2.24, 2.45) is 0 Å². The highest BCUT2D eigenvalue weighted by Gasteiger charge is 2.33. The van der Waals surface area contributed by atoms with E-state index in [1.165, 1.54) is 0 Å². The van der Waals surface area contributed by atoms with Crippen LogP contribution in [0.15, 0.2) is 54.7 Å². The summed E-state index contributed by atoms with van der Waals surface area (Å²) in [6.45, 7) is 0.192. The summed E-state index contributed by atoms with van der Waals surface area (Å²) in [5.41, 5.74) is 2.63. The minimum Gasteiger partial charge on any atom is -0.477 e. The maximum absolute atomic E-state index is 13.1. The first-order valence-corrected chi connectivity index (χ1v) is 8.50. The summed E-state index contributed by atoms with van der Waals surface area (Å²) in [5, 5.41) is 3.62. The van der Waals surface area contributed by atoms with Gasteiger partial charge in [0.2, 0.25) is 5.91 Å². The van der Waals surface area contributed by atoms with Crippen LogP contribution in [0.2, 0.25) is 0 Å². The third kappa shape index (κ3) is 2.79. The number of hydrogen-bond acceptors (Lipinski definition) is 3. The topological polar surface area (TPSA) is 74.4 Å². The zero-order chi connectivity index (χ0) is 18.1. The Morgan fingerprint density at radius 3 is 2.81 bits per heavy atom. The Hall–Kier alpha value is -3.28. The number of nitrogens with zero attached hydrogens (tertiary/aromatic N) is 1. The Bertz CT molecular complexity index is 979.